The molecule has 1 heterocycles. The van der Waals surface area contributed by atoms with Crippen LogP contribution in [0.25, 0.3) is 0 Å². The molecule has 5 N–H and O–H groups in total. The van der Waals surface area contributed by atoms with Crippen LogP contribution in [-0.4, -0.2) is 64.7 Å². The Hall–Kier alpha value is -2.28. The van der Waals surface area contributed by atoms with Crippen LogP contribution in [0.5, 0.6) is 0 Å². The van der Waals surface area contributed by atoms with E-state index in [1.165, 1.54) is 24.4 Å². The summed E-state index contributed by atoms with van der Waals surface area (Å²) in [4.78, 5) is 19.2. The third-order valence-corrected chi connectivity index (χ3v) is 5.62. The fraction of sp³-hybridized carbons (Fsp3) is 0.267. The van der Waals surface area contributed by atoms with Crippen molar-refractivity contribution in [3.05, 3.63) is 34.9 Å². The van der Waals surface area contributed by atoms with Crippen molar-refractivity contribution >= 4 is 49.2 Å². The SMILES string of the molecule is O=C(O)C(CO)Nc1nc(Nc2cccc(S(=O)(=O)CCO)c2)ncc1Br. The first-order chi connectivity index (χ1) is 12.8. The van der Waals surface area contributed by atoms with Gasteiger partial charge in [0.2, 0.25) is 5.95 Å². The molecule has 0 amide bonds. The van der Waals surface area contributed by atoms with E-state index in [0.717, 1.165) is 0 Å². The van der Waals surface area contributed by atoms with Crippen molar-refractivity contribution in [2.45, 2.75) is 10.9 Å². The van der Waals surface area contributed by atoms with Crippen LogP contribution in [0.15, 0.2) is 39.8 Å². The molecule has 0 saturated heterocycles. The molecule has 1 aromatic carbocycles. The van der Waals surface area contributed by atoms with Crippen molar-refractivity contribution in [3.8, 4) is 0 Å². The number of aliphatic carboxylic acids is 1. The van der Waals surface area contributed by atoms with Crippen molar-refractivity contribution in [1.82, 2.24) is 9.97 Å². The number of nitrogens with one attached hydrogen (secondary N) is 2. The second kappa shape index (κ2) is 9.08. The summed E-state index contributed by atoms with van der Waals surface area (Å²) in [5.74, 6) is -1.42. The van der Waals surface area contributed by atoms with Gasteiger partial charge in [-0.25, -0.2) is 18.2 Å². The summed E-state index contributed by atoms with van der Waals surface area (Å²) in [5.41, 5.74) is 0.388. The molecule has 27 heavy (non-hydrogen) atoms. The van der Waals surface area contributed by atoms with Gasteiger partial charge in [-0.05, 0) is 34.1 Å². The van der Waals surface area contributed by atoms with E-state index in [1.807, 2.05) is 0 Å². The Morgan fingerprint density at radius 2 is 2.04 bits per heavy atom. The number of anilines is 3. The lowest BCUT2D eigenvalue weighted by atomic mass is 10.3. The van der Waals surface area contributed by atoms with Gasteiger partial charge in [-0.3, -0.25) is 0 Å². The summed E-state index contributed by atoms with van der Waals surface area (Å²) in [7, 11) is -3.61. The number of rotatable bonds is 9. The normalized spacial score (nSPS) is 12.4. The highest BCUT2D eigenvalue weighted by atomic mass is 79.9. The van der Waals surface area contributed by atoms with Gasteiger partial charge in [0.25, 0.3) is 0 Å². The lowest BCUT2D eigenvalue weighted by Crippen LogP contribution is -2.33. The number of carboxylic acid groups (broad SMARTS) is 1. The molecule has 12 heteroatoms. The van der Waals surface area contributed by atoms with Gasteiger partial charge < -0.3 is 26.0 Å². The van der Waals surface area contributed by atoms with Gasteiger partial charge in [0.1, 0.15) is 11.9 Å². The zero-order valence-corrected chi connectivity index (χ0v) is 16.2. The van der Waals surface area contributed by atoms with Crippen LogP contribution in [0.3, 0.4) is 0 Å². The molecule has 0 spiro atoms. The van der Waals surface area contributed by atoms with E-state index in [0.29, 0.717) is 10.2 Å². The highest BCUT2D eigenvalue weighted by molar-refractivity contribution is 9.10. The van der Waals surface area contributed by atoms with Crippen LogP contribution in [0.2, 0.25) is 0 Å². The molecule has 1 atom stereocenters. The molecule has 0 aliphatic heterocycles. The smallest absolute Gasteiger partial charge is 0.328 e. The molecule has 1 aromatic heterocycles. The second-order valence-electron chi connectivity index (χ2n) is 5.30. The zero-order valence-electron chi connectivity index (χ0n) is 13.8. The quantitative estimate of drug-likeness (QED) is 0.358. The average molecular weight is 461 g/mol. The summed E-state index contributed by atoms with van der Waals surface area (Å²) in [5, 5.41) is 32.4. The Kier molecular flexibility index (Phi) is 7.07. The number of halogens is 1. The monoisotopic (exact) mass is 460 g/mol. The Morgan fingerprint density at radius 3 is 2.67 bits per heavy atom. The van der Waals surface area contributed by atoms with E-state index in [2.05, 4.69) is 36.5 Å². The van der Waals surface area contributed by atoms with Crippen molar-refractivity contribution < 1.29 is 28.5 Å². The minimum absolute atomic E-state index is 0.0308. The van der Waals surface area contributed by atoms with Crippen molar-refractivity contribution in [2.24, 2.45) is 0 Å². The summed E-state index contributed by atoms with van der Waals surface area (Å²) >= 11 is 3.18. The molecular formula is C15H17BrN4O6S. The summed E-state index contributed by atoms with van der Waals surface area (Å²) in [6, 6.07) is 4.65. The van der Waals surface area contributed by atoms with Gasteiger partial charge in [-0.1, -0.05) is 6.07 Å². The lowest BCUT2D eigenvalue weighted by molar-refractivity contribution is -0.138. The molecule has 146 valence electrons. The predicted octanol–water partition coefficient (Wildman–Crippen LogP) is 0.606. The van der Waals surface area contributed by atoms with E-state index in [9.17, 15) is 13.2 Å². The third-order valence-electron chi connectivity index (χ3n) is 3.35. The highest BCUT2D eigenvalue weighted by Gasteiger charge is 2.19. The second-order valence-corrected chi connectivity index (χ2v) is 8.27. The number of carbonyl (C=O) groups is 1. The third kappa shape index (κ3) is 5.60. The fourth-order valence-electron chi connectivity index (χ4n) is 2.01. The van der Waals surface area contributed by atoms with Crippen LogP contribution in [0.4, 0.5) is 17.5 Å². The minimum atomic E-state index is -3.61. The lowest BCUT2D eigenvalue weighted by Gasteiger charge is -2.14. The maximum absolute atomic E-state index is 12.0. The molecule has 0 aliphatic rings. The fourth-order valence-corrected chi connectivity index (χ4v) is 3.39. The van der Waals surface area contributed by atoms with Gasteiger partial charge in [-0.15, -0.1) is 0 Å². The predicted molar refractivity (Wildman–Crippen MR) is 101 cm³/mol. The molecule has 0 radical (unpaired) electrons. The maximum Gasteiger partial charge on any atom is 0.328 e. The molecule has 1 unspecified atom stereocenters. The first kappa shape index (κ1) is 21.0. The van der Waals surface area contributed by atoms with Crippen LogP contribution >= 0.6 is 15.9 Å². The van der Waals surface area contributed by atoms with Crippen molar-refractivity contribution in [2.75, 3.05) is 29.6 Å². The van der Waals surface area contributed by atoms with Crippen LogP contribution in [0, 0.1) is 0 Å². The van der Waals surface area contributed by atoms with Crippen molar-refractivity contribution in [1.29, 1.82) is 0 Å². The molecule has 0 bridgehead atoms. The van der Waals surface area contributed by atoms with Crippen LogP contribution in [-0.2, 0) is 14.6 Å². The molecule has 0 aliphatic carbocycles. The Morgan fingerprint density at radius 1 is 1.30 bits per heavy atom. The number of hydrogen-bond acceptors (Lipinski definition) is 9. The summed E-state index contributed by atoms with van der Waals surface area (Å²) in [6.45, 7) is -1.13. The topological polar surface area (TPSA) is 162 Å². The number of benzene rings is 1. The number of aliphatic hydroxyl groups is 2. The average Bonchev–Trinajstić information content (AvgIpc) is 2.62. The van der Waals surface area contributed by atoms with E-state index in [1.54, 1.807) is 6.07 Å². The standard InChI is InChI=1S/C15H17BrN4O6S/c16-11-7-17-15(20-13(11)19-12(8-22)14(23)24)18-9-2-1-3-10(6-9)27(25,26)5-4-21/h1-3,6-7,12,21-22H,4-5,8H2,(H,23,24)(H2,17,18,19,20). The summed E-state index contributed by atoms with van der Waals surface area (Å²) in [6.07, 6.45) is 1.38. The Balaban J connectivity index is 2.26. The van der Waals surface area contributed by atoms with E-state index in [4.69, 9.17) is 15.3 Å². The Labute approximate surface area is 163 Å². The van der Waals surface area contributed by atoms with Gasteiger partial charge in [0.15, 0.2) is 9.84 Å². The minimum Gasteiger partial charge on any atom is -0.480 e. The molecular weight excluding hydrogens is 444 g/mol. The zero-order chi connectivity index (χ0) is 20.0. The maximum atomic E-state index is 12.0. The van der Waals surface area contributed by atoms with Crippen molar-refractivity contribution in [3.63, 3.8) is 0 Å². The van der Waals surface area contributed by atoms with Crippen LogP contribution < -0.4 is 10.6 Å². The Bertz CT molecular complexity index is 924. The number of nitrogens with zero attached hydrogens (tertiary/aromatic N) is 2. The van der Waals surface area contributed by atoms with E-state index < -0.39 is 40.8 Å². The van der Waals surface area contributed by atoms with E-state index in [-0.39, 0.29) is 16.7 Å². The van der Waals surface area contributed by atoms with Gasteiger partial charge >= 0.3 is 5.97 Å². The molecule has 10 nitrogen and oxygen atoms in total. The van der Waals surface area contributed by atoms with E-state index >= 15 is 0 Å². The number of aromatic nitrogens is 2. The molecule has 2 aromatic rings. The number of sulfone groups is 1. The number of carboxylic acids is 1. The molecule has 2 rings (SSSR count). The first-order valence-corrected chi connectivity index (χ1v) is 10.0. The number of aliphatic hydroxyl groups excluding tert-OH is 2. The largest absolute Gasteiger partial charge is 0.480 e. The molecule has 0 fully saturated rings. The summed E-state index contributed by atoms with van der Waals surface area (Å²) < 4.78 is 24.5. The van der Waals surface area contributed by atoms with Gasteiger partial charge in [0.05, 0.1) is 28.3 Å². The van der Waals surface area contributed by atoms with Gasteiger partial charge in [0, 0.05) is 11.9 Å². The molecule has 0 saturated carbocycles. The van der Waals surface area contributed by atoms with Gasteiger partial charge in [-0.2, -0.15) is 4.98 Å². The first-order valence-electron chi connectivity index (χ1n) is 7.60. The van der Waals surface area contributed by atoms with Crippen LogP contribution in [0.1, 0.15) is 0 Å². The highest BCUT2D eigenvalue weighted by Crippen LogP contribution is 2.24. The number of hydrogen-bond donors (Lipinski definition) is 5.